The molecule has 2 rings (SSSR count). The molecule has 24 heavy (non-hydrogen) atoms. The minimum Gasteiger partial charge on any atom is -0.474 e. The van der Waals surface area contributed by atoms with Gasteiger partial charge in [-0.05, 0) is 45.1 Å². The number of nitrogens with zero attached hydrogens (tertiary/aromatic N) is 2. The van der Waals surface area contributed by atoms with Crippen molar-refractivity contribution >= 4 is 29.9 Å². The minimum atomic E-state index is 0. The quantitative estimate of drug-likeness (QED) is 0.263. The zero-order valence-electron chi connectivity index (χ0n) is 14.4. The van der Waals surface area contributed by atoms with Gasteiger partial charge >= 0.3 is 0 Å². The van der Waals surface area contributed by atoms with E-state index >= 15 is 0 Å². The maximum Gasteiger partial charge on any atom is 0.218 e. The zero-order valence-corrected chi connectivity index (χ0v) is 16.7. The first-order valence-electron chi connectivity index (χ1n) is 8.51. The van der Waals surface area contributed by atoms with Gasteiger partial charge in [0.25, 0.3) is 0 Å². The van der Waals surface area contributed by atoms with E-state index in [0.29, 0.717) is 24.5 Å². The third-order valence-corrected chi connectivity index (χ3v) is 3.83. The van der Waals surface area contributed by atoms with E-state index in [0.717, 1.165) is 44.6 Å². The Kier molecular flexibility index (Phi) is 10.7. The highest BCUT2D eigenvalue weighted by atomic mass is 127. The van der Waals surface area contributed by atoms with Gasteiger partial charge in [-0.25, -0.2) is 9.98 Å². The fourth-order valence-corrected chi connectivity index (χ4v) is 2.58. The number of halogens is 1. The van der Waals surface area contributed by atoms with Gasteiger partial charge in [-0.1, -0.05) is 6.07 Å². The first kappa shape index (κ1) is 21.0. The summed E-state index contributed by atoms with van der Waals surface area (Å²) in [4.78, 5) is 8.72. The Morgan fingerprint density at radius 3 is 2.96 bits per heavy atom. The van der Waals surface area contributed by atoms with E-state index in [1.54, 1.807) is 6.20 Å². The first-order chi connectivity index (χ1) is 11.3. The average Bonchev–Trinajstić information content (AvgIpc) is 3.07. The molecule has 0 aliphatic heterocycles. The van der Waals surface area contributed by atoms with Gasteiger partial charge in [-0.15, -0.1) is 24.0 Å². The predicted molar refractivity (Wildman–Crippen MR) is 107 cm³/mol. The smallest absolute Gasteiger partial charge is 0.218 e. The second kappa shape index (κ2) is 12.3. The third kappa shape index (κ3) is 7.65. The molecule has 1 aromatic rings. The normalized spacial score (nSPS) is 15.1. The molecule has 1 aliphatic rings. The fraction of sp³-hybridized carbons (Fsp3) is 0.647. The van der Waals surface area contributed by atoms with Crippen LogP contribution in [0.15, 0.2) is 23.3 Å². The molecule has 0 atom stereocenters. The van der Waals surface area contributed by atoms with Crippen molar-refractivity contribution in [2.75, 3.05) is 19.8 Å². The molecule has 3 N–H and O–H groups in total. The molecule has 0 radical (unpaired) electrons. The van der Waals surface area contributed by atoms with Crippen molar-refractivity contribution in [1.29, 1.82) is 0 Å². The van der Waals surface area contributed by atoms with Crippen LogP contribution in [0.2, 0.25) is 0 Å². The number of nitrogens with two attached hydrogens (primary N) is 1. The highest BCUT2D eigenvalue weighted by Gasteiger charge is 2.18. The molecule has 136 valence electrons. The van der Waals surface area contributed by atoms with Crippen LogP contribution in [0.4, 0.5) is 0 Å². The Balaban J connectivity index is 0.00000288. The van der Waals surface area contributed by atoms with Crippen LogP contribution in [0.5, 0.6) is 5.88 Å². The lowest BCUT2D eigenvalue weighted by atomic mass is 10.2. The molecule has 1 aromatic heterocycles. The van der Waals surface area contributed by atoms with Crippen molar-refractivity contribution in [2.45, 2.75) is 51.7 Å². The second-order valence-electron chi connectivity index (χ2n) is 5.67. The highest BCUT2D eigenvalue weighted by Crippen LogP contribution is 2.25. The lowest BCUT2D eigenvalue weighted by molar-refractivity contribution is 0.145. The standard InChI is InChI=1S/C17H28N4O2.HI/c1-2-22-12-6-11-20-17(18)21-13-14-7-5-10-19-16(14)23-15-8-3-4-9-15;/h5,7,10,15H,2-4,6,8-9,11-13H2,1H3,(H3,18,20,21);1H. The van der Waals surface area contributed by atoms with Gasteiger partial charge in [0.05, 0.1) is 6.54 Å². The van der Waals surface area contributed by atoms with Gasteiger partial charge < -0.3 is 20.5 Å². The van der Waals surface area contributed by atoms with Gasteiger partial charge in [0, 0.05) is 31.5 Å². The monoisotopic (exact) mass is 448 g/mol. The van der Waals surface area contributed by atoms with Crippen LogP contribution < -0.4 is 15.8 Å². The van der Waals surface area contributed by atoms with Crippen LogP contribution in [0.1, 0.15) is 44.6 Å². The number of nitrogens with one attached hydrogen (secondary N) is 1. The molecule has 0 spiro atoms. The first-order valence-corrected chi connectivity index (χ1v) is 8.51. The summed E-state index contributed by atoms with van der Waals surface area (Å²) >= 11 is 0. The number of rotatable bonds is 9. The lowest BCUT2D eigenvalue weighted by Crippen LogP contribution is -2.32. The Labute approximate surface area is 161 Å². The van der Waals surface area contributed by atoms with Crippen LogP contribution in [0.25, 0.3) is 0 Å². The largest absolute Gasteiger partial charge is 0.474 e. The summed E-state index contributed by atoms with van der Waals surface area (Å²) in [7, 11) is 0. The van der Waals surface area contributed by atoms with Crippen LogP contribution >= 0.6 is 24.0 Å². The number of aliphatic imine (C=N–C) groups is 1. The van der Waals surface area contributed by atoms with Crippen molar-refractivity contribution < 1.29 is 9.47 Å². The number of pyridine rings is 1. The summed E-state index contributed by atoms with van der Waals surface area (Å²) in [5, 5.41) is 3.09. The van der Waals surface area contributed by atoms with Crippen molar-refractivity contribution in [2.24, 2.45) is 10.7 Å². The summed E-state index contributed by atoms with van der Waals surface area (Å²) in [6.07, 6.45) is 7.67. The molecular formula is C17H29IN4O2. The molecular weight excluding hydrogens is 419 g/mol. The van der Waals surface area contributed by atoms with Crippen molar-refractivity contribution in [3.05, 3.63) is 23.9 Å². The van der Waals surface area contributed by atoms with E-state index in [-0.39, 0.29) is 24.0 Å². The average molecular weight is 448 g/mol. The summed E-state index contributed by atoms with van der Waals surface area (Å²) < 4.78 is 11.3. The highest BCUT2D eigenvalue weighted by molar-refractivity contribution is 14.0. The van der Waals surface area contributed by atoms with E-state index in [2.05, 4.69) is 15.3 Å². The van der Waals surface area contributed by atoms with Gasteiger partial charge in [-0.2, -0.15) is 0 Å². The molecule has 1 fully saturated rings. The Morgan fingerprint density at radius 1 is 1.42 bits per heavy atom. The molecule has 0 unspecified atom stereocenters. The molecule has 0 amide bonds. The minimum absolute atomic E-state index is 0. The third-order valence-electron chi connectivity index (χ3n) is 3.83. The maximum absolute atomic E-state index is 6.01. The van der Waals surface area contributed by atoms with Crippen LogP contribution in [-0.4, -0.2) is 36.8 Å². The Hall–Kier alpha value is -1.09. The summed E-state index contributed by atoms with van der Waals surface area (Å²) in [5.41, 5.74) is 6.86. The van der Waals surface area contributed by atoms with E-state index in [1.165, 1.54) is 12.8 Å². The van der Waals surface area contributed by atoms with Crippen LogP contribution in [0, 0.1) is 0 Å². The van der Waals surface area contributed by atoms with Crippen molar-refractivity contribution in [1.82, 2.24) is 10.3 Å². The maximum atomic E-state index is 6.01. The molecule has 0 aromatic carbocycles. The molecule has 1 heterocycles. The lowest BCUT2D eigenvalue weighted by Gasteiger charge is -2.14. The molecule has 1 saturated carbocycles. The van der Waals surface area contributed by atoms with Crippen molar-refractivity contribution in [3.63, 3.8) is 0 Å². The predicted octanol–water partition coefficient (Wildman–Crippen LogP) is 2.85. The molecule has 0 saturated heterocycles. The Bertz CT molecular complexity index is 493. The van der Waals surface area contributed by atoms with Gasteiger partial charge in [0.1, 0.15) is 6.10 Å². The second-order valence-corrected chi connectivity index (χ2v) is 5.67. The van der Waals surface area contributed by atoms with Gasteiger partial charge in [0.15, 0.2) is 5.96 Å². The van der Waals surface area contributed by atoms with Gasteiger partial charge in [-0.3, -0.25) is 0 Å². The topological polar surface area (TPSA) is 81.8 Å². The number of aromatic nitrogens is 1. The van der Waals surface area contributed by atoms with E-state index < -0.39 is 0 Å². The SMILES string of the molecule is CCOCCCNC(N)=NCc1cccnc1OC1CCCC1.I. The van der Waals surface area contributed by atoms with Crippen LogP contribution in [0.3, 0.4) is 0 Å². The van der Waals surface area contributed by atoms with Crippen LogP contribution in [-0.2, 0) is 11.3 Å². The van der Waals surface area contributed by atoms with E-state index in [4.69, 9.17) is 15.2 Å². The number of ether oxygens (including phenoxy) is 2. The molecule has 7 heteroatoms. The summed E-state index contributed by atoms with van der Waals surface area (Å²) in [6, 6.07) is 3.89. The fourth-order valence-electron chi connectivity index (χ4n) is 2.58. The van der Waals surface area contributed by atoms with E-state index in [9.17, 15) is 0 Å². The number of hydrogen-bond acceptors (Lipinski definition) is 4. The number of hydrogen-bond donors (Lipinski definition) is 2. The summed E-state index contributed by atoms with van der Waals surface area (Å²) in [5.74, 6) is 1.13. The molecule has 0 bridgehead atoms. The molecule has 6 nitrogen and oxygen atoms in total. The number of guanidine groups is 1. The van der Waals surface area contributed by atoms with Crippen molar-refractivity contribution in [3.8, 4) is 5.88 Å². The van der Waals surface area contributed by atoms with Gasteiger partial charge in [0.2, 0.25) is 5.88 Å². The zero-order chi connectivity index (χ0) is 16.3. The Morgan fingerprint density at radius 2 is 2.21 bits per heavy atom. The summed E-state index contributed by atoms with van der Waals surface area (Å²) in [6.45, 7) is 4.70. The molecule has 1 aliphatic carbocycles. The van der Waals surface area contributed by atoms with E-state index in [1.807, 2.05) is 19.1 Å².